The molecule has 25 heavy (non-hydrogen) atoms. The highest BCUT2D eigenvalue weighted by Crippen LogP contribution is 2.49. The van der Waals surface area contributed by atoms with Crippen LogP contribution in [0.25, 0.3) is 44.3 Å². The standard InChI is InChI=1S/C24H20N/c1-15-11-12-23(25(3)14-15)21-13-22-19-8-5-4-7-18(19)20-10-6-9-17(16(21)2)24(20)22/h4-14H,1-3H3/q+1. The number of aryl methyl sites for hydroxylation is 3. The highest BCUT2D eigenvalue weighted by atomic mass is 14.9. The lowest BCUT2D eigenvalue weighted by molar-refractivity contribution is -0.660. The van der Waals surface area contributed by atoms with Crippen LogP contribution in [0.4, 0.5) is 0 Å². The smallest absolute Gasteiger partial charge is 0.201 e. The first-order chi connectivity index (χ1) is 12.1. The van der Waals surface area contributed by atoms with Crippen molar-refractivity contribution in [2.75, 3.05) is 0 Å². The number of hydrogen-bond donors (Lipinski definition) is 0. The predicted octanol–water partition coefficient (Wildman–Crippen LogP) is 5.60. The van der Waals surface area contributed by atoms with Gasteiger partial charge in [-0.1, -0.05) is 42.5 Å². The van der Waals surface area contributed by atoms with E-state index in [2.05, 4.69) is 92.3 Å². The molecule has 1 heterocycles. The molecular weight excluding hydrogens is 302 g/mol. The highest BCUT2D eigenvalue weighted by molar-refractivity contribution is 6.17. The first-order valence-electron chi connectivity index (χ1n) is 8.78. The van der Waals surface area contributed by atoms with Crippen LogP contribution in [0.2, 0.25) is 0 Å². The summed E-state index contributed by atoms with van der Waals surface area (Å²) in [4.78, 5) is 0. The van der Waals surface area contributed by atoms with E-state index in [-0.39, 0.29) is 0 Å². The van der Waals surface area contributed by atoms with Gasteiger partial charge in [-0.15, -0.1) is 0 Å². The summed E-state index contributed by atoms with van der Waals surface area (Å²) in [6.07, 6.45) is 2.20. The number of aromatic nitrogens is 1. The van der Waals surface area contributed by atoms with E-state index in [1.165, 1.54) is 55.4 Å². The molecule has 4 aromatic rings. The number of rotatable bonds is 1. The number of benzene rings is 3. The molecule has 1 nitrogen and oxygen atoms in total. The van der Waals surface area contributed by atoms with Gasteiger partial charge >= 0.3 is 0 Å². The molecule has 0 unspecified atom stereocenters. The van der Waals surface area contributed by atoms with Crippen molar-refractivity contribution < 1.29 is 4.57 Å². The Bertz CT molecular complexity index is 1170. The first kappa shape index (κ1) is 14.4. The van der Waals surface area contributed by atoms with Gasteiger partial charge in [0.2, 0.25) is 5.69 Å². The van der Waals surface area contributed by atoms with Gasteiger partial charge < -0.3 is 0 Å². The van der Waals surface area contributed by atoms with Crippen molar-refractivity contribution in [2.24, 2.45) is 7.05 Å². The van der Waals surface area contributed by atoms with Crippen molar-refractivity contribution in [3.63, 3.8) is 0 Å². The second kappa shape index (κ2) is 5.03. The van der Waals surface area contributed by atoms with E-state index in [1.807, 2.05) is 0 Å². The van der Waals surface area contributed by atoms with Gasteiger partial charge in [0.15, 0.2) is 6.20 Å². The van der Waals surface area contributed by atoms with Gasteiger partial charge in [-0.05, 0) is 64.6 Å². The molecule has 0 spiro atoms. The van der Waals surface area contributed by atoms with Gasteiger partial charge in [0.05, 0.1) is 5.56 Å². The molecule has 1 aliphatic carbocycles. The van der Waals surface area contributed by atoms with Crippen LogP contribution in [0.5, 0.6) is 0 Å². The molecule has 0 N–H and O–H groups in total. The zero-order valence-corrected chi connectivity index (χ0v) is 14.8. The zero-order valence-electron chi connectivity index (χ0n) is 14.8. The van der Waals surface area contributed by atoms with E-state index in [4.69, 9.17) is 0 Å². The van der Waals surface area contributed by atoms with Crippen molar-refractivity contribution in [1.29, 1.82) is 0 Å². The maximum atomic E-state index is 2.39. The quantitative estimate of drug-likeness (QED) is 0.354. The molecule has 120 valence electrons. The lowest BCUT2D eigenvalue weighted by atomic mass is 9.93. The lowest BCUT2D eigenvalue weighted by Crippen LogP contribution is -2.31. The molecule has 0 bridgehead atoms. The Morgan fingerprint density at radius 3 is 2.16 bits per heavy atom. The molecule has 0 amide bonds. The summed E-state index contributed by atoms with van der Waals surface area (Å²) in [5.74, 6) is 0. The minimum Gasteiger partial charge on any atom is -0.201 e. The van der Waals surface area contributed by atoms with Crippen LogP contribution in [-0.4, -0.2) is 0 Å². The Morgan fingerprint density at radius 1 is 0.680 bits per heavy atom. The van der Waals surface area contributed by atoms with Crippen LogP contribution in [0.15, 0.2) is 66.9 Å². The summed E-state index contributed by atoms with van der Waals surface area (Å²) >= 11 is 0. The SMILES string of the molecule is Cc1ccc(-c2cc3c4c(cccc4c2C)-c2ccccc2-3)[n+](C)c1. The van der Waals surface area contributed by atoms with Gasteiger partial charge in [-0.25, -0.2) is 4.57 Å². The molecule has 0 saturated carbocycles. The third-order valence-electron chi connectivity index (χ3n) is 5.50. The average molecular weight is 322 g/mol. The minimum atomic E-state index is 1.26. The van der Waals surface area contributed by atoms with Crippen LogP contribution in [0.3, 0.4) is 0 Å². The largest absolute Gasteiger partial charge is 0.212 e. The normalized spacial score (nSPS) is 11.8. The third kappa shape index (κ3) is 1.93. The van der Waals surface area contributed by atoms with E-state index >= 15 is 0 Å². The van der Waals surface area contributed by atoms with Crippen molar-refractivity contribution in [2.45, 2.75) is 13.8 Å². The molecule has 3 aromatic carbocycles. The van der Waals surface area contributed by atoms with Crippen LogP contribution >= 0.6 is 0 Å². The summed E-state index contributed by atoms with van der Waals surface area (Å²) in [5.41, 5.74) is 10.6. The number of nitrogens with zero attached hydrogens (tertiary/aromatic N) is 1. The summed E-state index contributed by atoms with van der Waals surface area (Å²) < 4.78 is 2.24. The fraction of sp³-hybridized carbons (Fsp3) is 0.125. The van der Waals surface area contributed by atoms with Gasteiger partial charge in [-0.3, -0.25) is 0 Å². The summed E-state index contributed by atoms with van der Waals surface area (Å²) in [6, 6.07) is 22.3. The van der Waals surface area contributed by atoms with E-state index in [0.29, 0.717) is 0 Å². The number of hydrogen-bond acceptors (Lipinski definition) is 0. The highest BCUT2D eigenvalue weighted by Gasteiger charge is 2.25. The van der Waals surface area contributed by atoms with Crippen molar-refractivity contribution in [3.05, 3.63) is 78.0 Å². The Kier molecular flexibility index (Phi) is 2.90. The van der Waals surface area contributed by atoms with Crippen molar-refractivity contribution >= 4 is 10.8 Å². The van der Waals surface area contributed by atoms with Crippen LogP contribution in [0.1, 0.15) is 11.1 Å². The van der Waals surface area contributed by atoms with E-state index in [0.717, 1.165) is 0 Å². The summed E-state index contributed by atoms with van der Waals surface area (Å²) in [6.45, 7) is 4.39. The maximum absolute atomic E-state index is 2.39. The monoisotopic (exact) mass is 322 g/mol. The molecule has 0 atom stereocenters. The molecular formula is C24H20N+. The fourth-order valence-corrected chi connectivity index (χ4v) is 4.31. The molecule has 0 radical (unpaired) electrons. The van der Waals surface area contributed by atoms with Crippen molar-refractivity contribution in [1.82, 2.24) is 0 Å². The minimum absolute atomic E-state index is 1.26. The molecule has 0 saturated heterocycles. The lowest BCUT2D eigenvalue weighted by Gasteiger charge is -2.11. The predicted molar refractivity (Wildman–Crippen MR) is 104 cm³/mol. The molecule has 1 aromatic heterocycles. The second-order valence-corrected chi connectivity index (χ2v) is 7.07. The molecule has 1 heteroatoms. The van der Waals surface area contributed by atoms with E-state index < -0.39 is 0 Å². The van der Waals surface area contributed by atoms with Gasteiger partial charge in [0, 0.05) is 11.6 Å². The molecule has 0 aliphatic heterocycles. The van der Waals surface area contributed by atoms with E-state index in [1.54, 1.807) is 0 Å². The zero-order chi connectivity index (χ0) is 17.1. The van der Waals surface area contributed by atoms with Crippen LogP contribution in [0, 0.1) is 13.8 Å². The van der Waals surface area contributed by atoms with Gasteiger partial charge in [0.1, 0.15) is 7.05 Å². The maximum Gasteiger partial charge on any atom is 0.212 e. The third-order valence-corrected chi connectivity index (χ3v) is 5.50. The van der Waals surface area contributed by atoms with Crippen LogP contribution in [-0.2, 0) is 7.05 Å². The molecule has 1 aliphatic rings. The average Bonchev–Trinajstić information content (AvgIpc) is 2.94. The fourth-order valence-electron chi connectivity index (χ4n) is 4.31. The van der Waals surface area contributed by atoms with Crippen LogP contribution < -0.4 is 4.57 Å². The molecule has 5 rings (SSSR count). The van der Waals surface area contributed by atoms with E-state index in [9.17, 15) is 0 Å². The van der Waals surface area contributed by atoms with Gasteiger partial charge in [0.25, 0.3) is 0 Å². The second-order valence-electron chi connectivity index (χ2n) is 7.07. The first-order valence-corrected chi connectivity index (χ1v) is 8.78. The number of fused-ring (bicyclic) bond motifs is 3. The topological polar surface area (TPSA) is 3.88 Å². The number of pyridine rings is 1. The Morgan fingerprint density at radius 2 is 1.40 bits per heavy atom. The summed E-state index contributed by atoms with van der Waals surface area (Å²) in [5, 5.41) is 2.77. The summed E-state index contributed by atoms with van der Waals surface area (Å²) in [7, 11) is 2.13. The molecule has 0 fully saturated rings. The Balaban J connectivity index is 1.91. The Hall–Kier alpha value is -2.93. The van der Waals surface area contributed by atoms with Crippen molar-refractivity contribution in [3.8, 4) is 33.5 Å². The Labute approximate surface area is 148 Å². The van der Waals surface area contributed by atoms with Gasteiger partial charge in [-0.2, -0.15) is 0 Å².